The molecule has 2 aromatic rings. The first-order valence-electron chi connectivity index (χ1n) is 8.84. The molecular weight excluding hydrogens is 364 g/mol. The van der Waals surface area contributed by atoms with E-state index in [2.05, 4.69) is 0 Å². The van der Waals surface area contributed by atoms with Crippen molar-refractivity contribution in [2.75, 3.05) is 20.2 Å². The van der Waals surface area contributed by atoms with Crippen LogP contribution in [0.4, 0.5) is 0 Å². The topological polar surface area (TPSA) is 72.6 Å². The molecule has 5 nitrogen and oxygen atoms in total. The van der Waals surface area contributed by atoms with Gasteiger partial charge < -0.3 is 15.4 Å². The van der Waals surface area contributed by atoms with Crippen molar-refractivity contribution in [3.63, 3.8) is 0 Å². The van der Waals surface area contributed by atoms with E-state index in [4.69, 9.17) is 10.5 Å². The molecule has 1 fully saturated rings. The molecule has 27 heavy (non-hydrogen) atoms. The van der Waals surface area contributed by atoms with Crippen molar-refractivity contribution in [1.82, 2.24) is 4.90 Å². The molecule has 0 aliphatic carbocycles. The first-order valence-corrected chi connectivity index (χ1v) is 8.84. The van der Waals surface area contributed by atoms with Gasteiger partial charge in [-0.1, -0.05) is 30.3 Å². The van der Waals surface area contributed by atoms with Gasteiger partial charge in [-0.05, 0) is 29.8 Å². The van der Waals surface area contributed by atoms with Crippen molar-refractivity contribution in [3.8, 4) is 5.75 Å². The molecule has 144 valence electrons. The van der Waals surface area contributed by atoms with Gasteiger partial charge in [0.1, 0.15) is 5.75 Å². The molecule has 2 atom stereocenters. The number of Topliss-reactive ketones (excluding diaryl/α,β-unsaturated/α-hetero) is 1. The van der Waals surface area contributed by atoms with Crippen molar-refractivity contribution < 1.29 is 14.3 Å². The maximum Gasteiger partial charge on any atom is 0.223 e. The number of ether oxygens (including phenoxy) is 1. The molecule has 1 aliphatic heterocycles. The summed E-state index contributed by atoms with van der Waals surface area (Å²) in [7, 11) is 1.58. The number of ketones is 1. The smallest absolute Gasteiger partial charge is 0.223 e. The zero-order chi connectivity index (χ0) is 18.5. The van der Waals surface area contributed by atoms with E-state index in [9.17, 15) is 9.59 Å². The molecule has 0 aromatic heterocycles. The zero-order valence-corrected chi connectivity index (χ0v) is 16.2. The summed E-state index contributed by atoms with van der Waals surface area (Å²) in [4.78, 5) is 26.6. The summed E-state index contributed by atoms with van der Waals surface area (Å²) in [6, 6.07) is 16.9. The second-order valence-corrected chi connectivity index (χ2v) is 6.63. The van der Waals surface area contributed by atoms with E-state index < -0.39 is 0 Å². The Labute approximate surface area is 165 Å². The summed E-state index contributed by atoms with van der Waals surface area (Å²) < 4.78 is 5.09. The molecule has 0 spiro atoms. The first-order chi connectivity index (χ1) is 12.6. The number of rotatable bonds is 6. The molecule has 2 aromatic carbocycles. The van der Waals surface area contributed by atoms with Gasteiger partial charge in [-0.3, -0.25) is 9.59 Å². The highest BCUT2D eigenvalue weighted by molar-refractivity contribution is 5.98. The number of carbonyl (C=O) groups excluding carboxylic acids is 2. The van der Waals surface area contributed by atoms with Crippen LogP contribution in [-0.4, -0.2) is 42.8 Å². The van der Waals surface area contributed by atoms with E-state index >= 15 is 0 Å². The molecule has 1 amide bonds. The zero-order valence-electron chi connectivity index (χ0n) is 15.3. The summed E-state index contributed by atoms with van der Waals surface area (Å²) in [5.74, 6) is 0.804. The van der Waals surface area contributed by atoms with Crippen LogP contribution in [0.25, 0.3) is 0 Å². The summed E-state index contributed by atoms with van der Waals surface area (Å²) in [5.41, 5.74) is 7.99. The normalized spacial score (nSPS) is 18.7. The highest BCUT2D eigenvalue weighted by Gasteiger charge is 2.33. The summed E-state index contributed by atoms with van der Waals surface area (Å²) in [6.07, 6.45) is 0.409. The van der Waals surface area contributed by atoms with Crippen LogP contribution in [0.5, 0.6) is 5.75 Å². The van der Waals surface area contributed by atoms with Gasteiger partial charge in [0, 0.05) is 43.5 Å². The molecule has 2 N–H and O–H groups in total. The van der Waals surface area contributed by atoms with Crippen LogP contribution in [0, 0.1) is 0 Å². The van der Waals surface area contributed by atoms with Gasteiger partial charge in [0.05, 0.1) is 7.11 Å². The van der Waals surface area contributed by atoms with E-state index in [-0.39, 0.29) is 48.9 Å². The average molecular weight is 389 g/mol. The maximum absolute atomic E-state index is 12.5. The molecule has 0 radical (unpaired) electrons. The Balaban J connectivity index is 0.00000261. The second-order valence-electron chi connectivity index (χ2n) is 6.63. The average Bonchev–Trinajstić information content (AvgIpc) is 3.08. The SMILES string of the molecule is COc1ccc(C(=O)CCC(=O)N2C[C@@H](N)[C@H](c3ccccc3)C2)cc1.Cl. The first kappa shape index (κ1) is 20.9. The maximum atomic E-state index is 12.5. The lowest BCUT2D eigenvalue weighted by molar-refractivity contribution is -0.130. The van der Waals surface area contributed by atoms with E-state index in [0.29, 0.717) is 24.4 Å². The van der Waals surface area contributed by atoms with Crippen LogP contribution in [-0.2, 0) is 4.79 Å². The number of nitrogens with zero attached hydrogens (tertiary/aromatic N) is 1. The Bertz CT molecular complexity index is 765. The van der Waals surface area contributed by atoms with Crippen LogP contribution in [0.3, 0.4) is 0 Å². The molecule has 0 bridgehead atoms. The lowest BCUT2D eigenvalue weighted by Crippen LogP contribution is -2.32. The third-order valence-corrected chi connectivity index (χ3v) is 4.92. The molecule has 0 saturated carbocycles. The molecule has 0 unspecified atom stereocenters. The minimum Gasteiger partial charge on any atom is -0.497 e. The number of likely N-dealkylation sites (tertiary alicyclic amines) is 1. The predicted octanol–water partition coefficient (Wildman–Crippen LogP) is 3.03. The number of methoxy groups -OCH3 is 1. The third-order valence-electron chi connectivity index (χ3n) is 4.92. The summed E-state index contributed by atoms with van der Waals surface area (Å²) >= 11 is 0. The van der Waals surface area contributed by atoms with Crippen LogP contribution in [0.2, 0.25) is 0 Å². The fourth-order valence-electron chi connectivity index (χ4n) is 3.39. The number of nitrogens with two attached hydrogens (primary N) is 1. The van der Waals surface area contributed by atoms with Crippen LogP contribution < -0.4 is 10.5 Å². The Morgan fingerprint density at radius 3 is 2.33 bits per heavy atom. The van der Waals surface area contributed by atoms with Crippen LogP contribution >= 0.6 is 12.4 Å². The lowest BCUT2D eigenvalue weighted by atomic mass is 9.95. The van der Waals surface area contributed by atoms with Gasteiger partial charge in [-0.15, -0.1) is 12.4 Å². The van der Waals surface area contributed by atoms with Crippen molar-refractivity contribution in [2.24, 2.45) is 5.73 Å². The summed E-state index contributed by atoms with van der Waals surface area (Å²) in [6.45, 7) is 1.15. The van der Waals surface area contributed by atoms with E-state index in [1.165, 1.54) is 0 Å². The minimum atomic E-state index is -0.0707. The Morgan fingerprint density at radius 1 is 1.04 bits per heavy atom. The summed E-state index contributed by atoms with van der Waals surface area (Å²) in [5, 5.41) is 0. The van der Waals surface area contributed by atoms with Crippen LogP contribution in [0.1, 0.15) is 34.7 Å². The van der Waals surface area contributed by atoms with Crippen molar-refractivity contribution in [3.05, 3.63) is 65.7 Å². The van der Waals surface area contributed by atoms with E-state index in [1.807, 2.05) is 30.3 Å². The monoisotopic (exact) mass is 388 g/mol. The molecule has 1 heterocycles. The van der Waals surface area contributed by atoms with Gasteiger partial charge in [0.15, 0.2) is 5.78 Å². The number of hydrogen-bond acceptors (Lipinski definition) is 4. The molecule has 1 aliphatic rings. The van der Waals surface area contributed by atoms with E-state index in [1.54, 1.807) is 36.3 Å². The molecule has 1 saturated heterocycles. The number of halogens is 1. The lowest BCUT2D eigenvalue weighted by Gasteiger charge is -2.16. The number of benzene rings is 2. The van der Waals surface area contributed by atoms with Crippen molar-refractivity contribution in [2.45, 2.75) is 24.8 Å². The van der Waals surface area contributed by atoms with Gasteiger partial charge >= 0.3 is 0 Å². The van der Waals surface area contributed by atoms with E-state index in [0.717, 1.165) is 5.56 Å². The molecular formula is C21H25ClN2O3. The number of carbonyl (C=O) groups is 2. The third kappa shape index (κ3) is 5.08. The Kier molecular flexibility index (Phi) is 7.39. The van der Waals surface area contributed by atoms with Crippen molar-refractivity contribution >= 4 is 24.1 Å². The standard InChI is InChI=1S/C21H24N2O3.ClH/c1-26-17-9-7-16(8-10-17)20(24)11-12-21(25)23-13-18(19(22)14-23)15-5-3-2-4-6-15;/h2-10,18-19H,11-14,22H2,1H3;1H/t18-,19+;/m0./s1. The number of hydrogen-bond donors (Lipinski definition) is 1. The fourth-order valence-corrected chi connectivity index (χ4v) is 3.39. The predicted molar refractivity (Wildman–Crippen MR) is 108 cm³/mol. The number of amides is 1. The van der Waals surface area contributed by atoms with Gasteiger partial charge in [0.2, 0.25) is 5.91 Å². The molecule has 3 rings (SSSR count). The van der Waals surface area contributed by atoms with Crippen molar-refractivity contribution in [1.29, 1.82) is 0 Å². The Hall–Kier alpha value is -2.37. The van der Waals surface area contributed by atoms with Crippen LogP contribution in [0.15, 0.2) is 54.6 Å². The van der Waals surface area contributed by atoms with Gasteiger partial charge in [-0.2, -0.15) is 0 Å². The van der Waals surface area contributed by atoms with Gasteiger partial charge in [-0.25, -0.2) is 0 Å². The quantitative estimate of drug-likeness (QED) is 0.772. The minimum absolute atomic E-state index is 0. The highest BCUT2D eigenvalue weighted by Crippen LogP contribution is 2.27. The fraction of sp³-hybridized carbons (Fsp3) is 0.333. The van der Waals surface area contributed by atoms with Gasteiger partial charge in [0.25, 0.3) is 0 Å². The second kappa shape index (κ2) is 9.53. The largest absolute Gasteiger partial charge is 0.497 e. The molecule has 6 heteroatoms. The highest BCUT2D eigenvalue weighted by atomic mass is 35.5. The Morgan fingerprint density at radius 2 is 1.70 bits per heavy atom.